The number of carbonyl (C=O) groups excluding carboxylic acids is 1. The first-order valence-electron chi connectivity index (χ1n) is 8.51. The highest BCUT2D eigenvalue weighted by Crippen LogP contribution is 2.28. The zero-order valence-corrected chi connectivity index (χ0v) is 15.0. The lowest BCUT2D eigenvalue weighted by molar-refractivity contribution is 0.0747. The molecule has 1 aromatic heterocycles. The second-order valence-corrected chi connectivity index (χ2v) is 7.00. The number of thiazole rings is 1. The fourth-order valence-electron chi connectivity index (χ4n) is 3.03. The van der Waals surface area contributed by atoms with E-state index in [1.807, 2.05) is 40.6 Å². The molecule has 1 aliphatic heterocycles. The van der Waals surface area contributed by atoms with Crippen LogP contribution in [-0.4, -0.2) is 42.0 Å². The van der Waals surface area contributed by atoms with Crippen LogP contribution in [-0.2, 0) is 0 Å². The summed E-state index contributed by atoms with van der Waals surface area (Å²) >= 11 is 1.58. The molecule has 0 spiro atoms. The highest BCUT2D eigenvalue weighted by Gasteiger charge is 2.23. The van der Waals surface area contributed by atoms with Gasteiger partial charge < -0.3 is 9.80 Å². The Morgan fingerprint density at radius 3 is 2.35 bits per heavy atom. The van der Waals surface area contributed by atoms with Crippen LogP contribution in [0.15, 0.2) is 60.0 Å². The number of carbonyl (C=O) groups is 1. The number of amides is 1. The SMILES string of the molecule is O=C(c1ccccc1)N1CCN(c2nc(-c3ccc(F)cc3)cs2)CC1. The Balaban J connectivity index is 1.41. The van der Waals surface area contributed by atoms with Gasteiger partial charge in [-0.25, -0.2) is 9.37 Å². The largest absolute Gasteiger partial charge is 0.345 e. The van der Waals surface area contributed by atoms with Gasteiger partial charge in [-0.15, -0.1) is 11.3 Å². The third-order valence-corrected chi connectivity index (χ3v) is 5.39. The van der Waals surface area contributed by atoms with Gasteiger partial charge in [-0.1, -0.05) is 18.2 Å². The third kappa shape index (κ3) is 3.46. The summed E-state index contributed by atoms with van der Waals surface area (Å²) in [4.78, 5) is 21.3. The molecule has 0 atom stereocenters. The van der Waals surface area contributed by atoms with Crippen molar-refractivity contribution in [2.75, 3.05) is 31.1 Å². The Bertz CT molecular complexity index is 887. The molecule has 3 aromatic rings. The fourth-order valence-corrected chi connectivity index (χ4v) is 3.92. The van der Waals surface area contributed by atoms with E-state index in [4.69, 9.17) is 0 Å². The quantitative estimate of drug-likeness (QED) is 0.704. The number of hydrogen-bond acceptors (Lipinski definition) is 4. The van der Waals surface area contributed by atoms with Crippen molar-refractivity contribution < 1.29 is 9.18 Å². The first-order chi connectivity index (χ1) is 12.7. The molecule has 0 N–H and O–H groups in total. The van der Waals surface area contributed by atoms with Gasteiger partial charge in [0.2, 0.25) is 0 Å². The molecular formula is C20H18FN3OS. The van der Waals surface area contributed by atoms with Crippen molar-refractivity contribution in [2.24, 2.45) is 0 Å². The van der Waals surface area contributed by atoms with Crippen molar-refractivity contribution in [1.82, 2.24) is 9.88 Å². The van der Waals surface area contributed by atoms with Crippen molar-refractivity contribution in [1.29, 1.82) is 0 Å². The third-order valence-electron chi connectivity index (χ3n) is 4.49. The normalized spacial score (nSPS) is 14.5. The van der Waals surface area contributed by atoms with Crippen LogP contribution in [0.4, 0.5) is 9.52 Å². The summed E-state index contributed by atoms with van der Waals surface area (Å²) in [5.41, 5.74) is 2.49. The topological polar surface area (TPSA) is 36.4 Å². The average molecular weight is 367 g/mol. The van der Waals surface area contributed by atoms with Crippen LogP contribution in [0.25, 0.3) is 11.3 Å². The highest BCUT2D eigenvalue weighted by molar-refractivity contribution is 7.14. The van der Waals surface area contributed by atoms with Gasteiger partial charge in [0, 0.05) is 42.7 Å². The smallest absolute Gasteiger partial charge is 0.253 e. The molecule has 4 rings (SSSR count). The Hall–Kier alpha value is -2.73. The van der Waals surface area contributed by atoms with E-state index in [0.29, 0.717) is 13.1 Å². The van der Waals surface area contributed by atoms with E-state index in [1.165, 1.54) is 12.1 Å². The predicted molar refractivity (Wildman–Crippen MR) is 102 cm³/mol. The van der Waals surface area contributed by atoms with Gasteiger partial charge in [-0.05, 0) is 36.4 Å². The monoisotopic (exact) mass is 367 g/mol. The maximum atomic E-state index is 13.1. The van der Waals surface area contributed by atoms with Crippen molar-refractivity contribution in [3.05, 3.63) is 71.4 Å². The number of benzene rings is 2. The van der Waals surface area contributed by atoms with Crippen molar-refractivity contribution in [3.63, 3.8) is 0 Å². The van der Waals surface area contributed by atoms with Gasteiger partial charge in [-0.3, -0.25) is 4.79 Å². The maximum absolute atomic E-state index is 13.1. The van der Waals surface area contributed by atoms with Crippen LogP contribution in [0.2, 0.25) is 0 Å². The standard InChI is InChI=1S/C20H18FN3OS/c21-17-8-6-15(7-9-17)18-14-26-20(22-18)24-12-10-23(11-13-24)19(25)16-4-2-1-3-5-16/h1-9,14H,10-13H2. The minimum atomic E-state index is -0.247. The van der Waals surface area contributed by atoms with E-state index >= 15 is 0 Å². The van der Waals surface area contributed by atoms with Crippen LogP contribution < -0.4 is 4.90 Å². The van der Waals surface area contributed by atoms with E-state index < -0.39 is 0 Å². The van der Waals surface area contributed by atoms with Gasteiger partial charge in [0.05, 0.1) is 5.69 Å². The molecule has 0 aliphatic carbocycles. The Morgan fingerprint density at radius 2 is 1.65 bits per heavy atom. The van der Waals surface area contributed by atoms with E-state index in [1.54, 1.807) is 23.5 Å². The molecule has 1 amide bonds. The summed E-state index contributed by atoms with van der Waals surface area (Å²) in [6.07, 6.45) is 0. The number of hydrogen-bond donors (Lipinski definition) is 0. The molecule has 6 heteroatoms. The molecule has 26 heavy (non-hydrogen) atoms. The Kier molecular flexibility index (Phi) is 4.67. The fraction of sp³-hybridized carbons (Fsp3) is 0.200. The first-order valence-corrected chi connectivity index (χ1v) is 9.39. The molecule has 132 valence electrons. The summed E-state index contributed by atoms with van der Waals surface area (Å²) in [6, 6.07) is 15.8. The second kappa shape index (κ2) is 7.25. The summed E-state index contributed by atoms with van der Waals surface area (Å²) in [6.45, 7) is 2.88. The number of anilines is 1. The van der Waals surface area contributed by atoms with E-state index in [9.17, 15) is 9.18 Å². The van der Waals surface area contributed by atoms with Crippen LogP contribution in [0.5, 0.6) is 0 Å². The molecule has 0 unspecified atom stereocenters. The van der Waals surface area contributed by atoms with E-state index in [-0.39, 0.29) is 11.7 Å². The van der Waals surface area contributed by atoms with Crippen molar-refractivity contribution >= 4 is 22.4 Å². The zero-order chi connectivity index (χ0) is 17.9. The van der Waals surface area contributed by atoms with Gasteiger partial charge in [0.25, 0.3) is 5.91 Å². The molecule has 1 saturated heterocycles. The minimum absolute atomic E-state index is 0.0800. The first kappa shape index (κ1) is 16.7. The number of piperazine rings is 1. The van der Waals surface area contributed by atoms with Gasteiger partial charge in [-0.2, -0.15) is 0 Å². The lowest BCUT2D eigenvalue weighted by Crippen LogP contribution is -2.48. The van der Waals surface area contributed by atoms with Gasteiger partial charge in [0.1, 0.15) is 5.82 Å². The molecule has 0 bridgehead atoms. The molecule has 0 saturated carbocycles. The molecular weight excluding hydrogens is 349 g/mol. The molecule has 4 nitrogen and oxygen atoms in total. The average Bonchev–Trinajstić information content (AvgIpc) is 3.19. The lowest BCUT2D eigenvalue weighted by Gasteiger charge is -2.34. The molecule has 1 aliphatic rings. The minimum Gasteiger partial charge on any atom is -0.345 e. The van der Waals surface area contributed by atoms with E-state index in [0.717, 1.165) is 35.0 Å². The zero-order valence-electron chi connectivity index (χ0n) is 14.1. The maximum Gasteiger partial charge on any atom is 0.253 e. The Labute approximate surface area is 155 Å². The van der Waals surface area contributed by atoms with E-state index in [2.05, 4.69) is 9.88 Å². The van der Waals surface area contributed by atoms with Gasteiger partial charge >= 0.3 is 0 Å². The van der Waals surface area contributed by atoms with Gasteiger partial charge in [0.15, 0.2) is 5.13 Å². The summed E-state index contributed by atoms with van der Waals surface area (Å²) < 4.78 is 13.1. The number of nitrogens with zero attached hydrogens (tertiary/aromatic N) is 3. The summed E-state index contributed by atoms with van der Waals surface area (Å²) in [5, 5.41) is 2.93. The van der Waals surface area contributed by atoms with Crippen molar-refractivity contribution in [3.8, 4) is 11.3 Å². The Morgan fingerprint density at radius 1 is 0.962 bits per heavy atom. The van der Waals surface area contributed by atoms with Crippen molar-refractivity contribution in [2.45, 2.75) is 0 Å². The number of rotatable bonds is 3. The van der Waals surface area contributed by atoms with Crippen LogP contribution >= 0.6 is 11.3 Å². The summed E-state index contributed by atoms with van der Waals surface area (Å²) in [7, 11) is 0. The van der Waals surface area contributed by atoms with Crippen LogP contribution in [0.3, 0.4) is 0 Å². The van der Waals surface area contributed by atoms with Crippen LogP contribution in [0, 0.1) is 5.82 Å². The lowest BCUT2D eigenvalue weighted by atomic mass is 10.2. The number of halogens is 1. The molecule has 0 radical (unpaired) electrons. The second-order valence-electron chi connectivity index (χ2n) is 6.17. The molecule has 1 fully saturated rings. The molecule has 2 aromatic carbocycles. The molecule has 2 heterocycles. The predicted octanol–water partition coefficient (Wildman–Crippen LogP) is 3.91. The highest BCUT2D eigenvalue weighted by atomic mass is 32.1. The number of aromatic nitrogens is 1. The summed E-state index contributed by atoms with van der Waals surface area (Å²) in [5.74, 6) is -0.167. The van der Waals surface area contributed by atoms with Crippen LogP contribution in [0.1, 0.15) is 10.4 Å².